The summed E-state index contributed by atoms with van der Waals surface area (Å²) >= 11 is 0. The monoisotopic (exact) mass is 184 g/mol. The number of hydrogen-bond donors (Lipinski definition) is 2. The minimum absolute atomic E-state index is 0.280. The van der Waals surface area contributed by atoms with E-state index in [9.17, 15) is 14.8 Å². The van der Waals surface area contributed by atoms with Crippen LogP contribution in [-0.2, 0) is 9.53 Å². The maximum atomic E-state index is 11.4. The second-order valence-corrected chi connectivity index (χ2v) is 4.13. The van der Waals surface area contributed by atoms with Crippen LogP contribution in [0.15, 0.2) is 0 Å². The van der Waals surface area contributed by atoms with Crippen molar-refractivity contribution in [1.29, 1.82) is 0 Å². The van der Waals surface area contributed by atoms with Gasteiger partial charge in [0.15, 0.2) is 0 Å². The molecule has 0 aromatic carbocycles. The number of fused-ring (bicyclic) bond motifs is 1. The van der Waals surface area contributed by atoms with Gasteiger partial charge in [0.1, 0.15) is 0 Å². The average Bonchev–Trinajstić information content (AvgIpc) is 2.65. The first-order chi connectivity index (χ1) is 6.09. The second-order valence-electron chi connectivity index (χ2n) is 4.13. The number of ether oxygens (including phenoxy) is 1. The Hall–Kier alpha value is -0.545. The van der Waals surface area contributed by atoms with Gasteiger partial charge < -0.3 is 14.8 Å². The summed E-state index contributed by atoms with van der Waals surface area (Å²) in [5, 5.41) is 17.8. The van der Waals surface area contributed by atoms with E-state index >= 15 is 0 Å². The van der Waals surface area contributed by atoms with Crippen molar-refractivity contribution in [3.63, 3.8) is 0 Å². The number of hydrogen-bond acceptors (Lipinski definition) is 4. The highest BCUT2D eigenvalue weighted by molar-refractivity contribution is 6.48. The fourth-order valence-electron chi connectivity index (χ4n) is 2.91. The normalized spacial score (nSPS) is 41.2. The molecule has 0 aromatic heterocycles. The summed E-state index contributed by atoms with van der Waals surface area (Å²) in [7, 11) is -0.0310. The summed E-state index contributed by atoms with van der Waals surface area (Å²) in [6.07, 6.45) is 2.91. The third-order valence-electron chi connectivity index (χ3n) is 3.74. The lowest BCUT2D eigenvalue weighted by Gasteiger charge is -2.14. The predicted molar refractivity (Wildman–Crippen MR) is 45.8 cm³/mol. The first-order valence-electron chi connectivity index (χ1n) is 4.54. The smallest absolute Gasteiger partial charge is 0.459 e. The fraction of sp³-hybridized carbons (Fsp3) is 0.875. The molecule has 0 spiro atoms. The van der Waals surface area contributed by atoms with Crippen LogP contribution in [0.1, 0.15) is 25.7 Å². The molecule has 0 saturated heterocycles. The first kappa shape index (κ1) is 9.03. The van der Waals surface area contributed by atoms with Gasteiger partial charge in [-0.3, -0.25) is 4.79 Å². The van der Waals surface area contributed by atoms with Gasteiger partial charge in [-0.25, -0.2) is 0 Å². The molecule has 2 saturated carbocycles. The standard InChI is InChI=1S/C8H13BO4/c1-13-6(10)7-3-2-4-8(7,5-7)9(11)12/h11-12H,2-5H2,1H3/t7-,8-/m0/s1. The summed E-state index contributed by atoms with van der Waals surface area (Å²) in [6.45, 7) is 0. The third kappa shape index (κ3) is 0.863. The molecule has 0 bridgehead atoms. The quantitative estimate of drug-likeness (QED) is 0.466. The van der Waals surface area contributed by atoms with Crippen molar-refractivity contribution in [2.24, 2.45) is 5.41 Å². The van der Waals surface area contributed by atoms with Crippen LogP contribution in [0.4, 0.5) is 0 Å². The molecule has 4 nitrogen and oxygen atoms in total. The van der Waals surface area contributed by atoms with Crippen molar-refractivity contribution in [3.8, 4) is 0 Å². The van der Waals surface area contributed by atoms with E-state index in [0.717, 1.165) is 19.3 Å². The van der Waals surface area contributed by atoms with Gasteiger partial charge in [-0.05, 0) is 19.3 Å². The van der Waals surface area contributed by atoms with E-state index in [1.807, 2.05) is 0 Å². The maximum absolute atomic E-state index is 11.4. The Balaban J connectivity index is 2.24. The van der Waals surface area contributed by atoms with Crippen LogP contribution in [0.25, 0.3) is 0 Å². The Kier molecular flexibility index (Phi) is 1.72. The summed E-state index contributed by atoms with van der Waals surface area (Å²) in [5.41, 5.74) is -0.573. The average molecular weight is 184 g/mol. The minimum atomic E-state index is -1.38. The fourth-order valence-corrected chi connectivity index (χ4v) is 2.91. The Morgan fingerprint density at radius 1 is 1.46 bits per heavy atom. The molecular weight excluding hydrogens is 171 g/mol. The van der Waals surface area contributed by atoms with Gasteiger partial charge in [0.05, 0.1) is 12.5 Å². The summed E-state index contributed by atoms with van der Waals surface area (Å²) < 4.78 is 4.69. The topological polar surface area (TPSA) is 66.8 Å². The van der Waals surface area contributed by atoms with Crippen molar-refractivity contribution in [2.45, 2.75) is 31.0 Å². The molecule has 2 aliphatic carbocycles. The SMILES string of the molecule is COC(=O)[C@@]12CCC[C@]1(B(O)O)C2. The van der Waals surface area contributed by atoms with E-state index in [2.05, 4.69) is 0 Å². The van der Waals surface area contributed by atoms with Gasteiger partial charge in [0, 0.05) is 5.31 Å². The number of carbonyl (C=O) groups excluding carboxylic acids is 1. The van der Waals surface area contributed by atoms with Crippen molar-refractivity contribution in [2.75, 3.05) is 7.11 Å². The van der Waals surface area contributed by atoms with Crippen LogP contribution in [0, 0.1) is 5.41 Å². The lowest BCUT2D eigenvalue weighted by atomic mass is 9.65. The first-order valence-corrected chi connectivity index (χ1v) is 4.54. The lowest BCUT2D eigenvalue weighted by Crippen LogP contribution is -2.28. The molecule has 0 unspecified atom stereocenters. The molecular formula is C8H13BO4. The molecule has 0 aliphatic heterocycles. The van der Waals surface area contributed by atoms with Crippen LogP contribution in [0.5, 0.6) is 0 Å². The van der Waals surface area contributed by atoms with Gasteiger partial charge in [0.2, 0.25) is 0 Å². The van der Waals surface area contributed by atoms with E-state index in [-0.39, 0.29) is 5.97 Å². The van der Waals surface area contributed by atoms with Crippen molar-refractivity contribution < 1.29 is 19.6 Å². The maximum Gasteiger partial charge on any atom is 0.459 e. The molecule has 0 amide bonds. The van der Waals surface area contributed by atoms with E-state index < -0.39 is 17.8 Å². The van der Waals surface area contributed by atoms with Gasteiger partial charge in [-0.15, -0.1) is 0 Å². The van der Waals surface area contributed by atoms with E-state index in [1.54, 1.807) is 0 Å². The molecule has 2 atom stereocenters. The van der Waals surface area contributed by atoms with Crippen LogP contribution < -0.4 is 0 Å². The molecule has 0 heterocycles. The molecule has 2 fully saturated rings. The molecule has 0 radical (unpaired) electrons. The van der Waals surface area contributed by atoms with Crippen LogP contribution in [0.2, 0.25) is 5.31 Å². The van der Waals surface area contributed by atoms with Crippen molar-refractivity contribution in [3.05, 3.63) is 0 Å². The highest BCUT2D eigenvalue weighted by Crippen LogP contribution is 2.80. The molecule has 5 heteroatoms. The zero-order valence-electron chi connectivity index (χ0n) is 7.62. The summed E-state index contributed by atoms with van der Waals surface area (Å²) in [4.78, 5) is 11.4. The van der Waals surface area contributed by atoms with Crippen molar-refractivity contribution in [1.82, 2.24) is 0 Å². The zero-order valence-corrected chi connectivity index (χ0v) is 7.62. The van der Waals surface area contributed by atoms with E-state index in [4.69, 9.17) is 4.74 Å². The predicted octanol–water partition coefficient (Wildman–Crippen LogP) is -0.0534. The highest BCUT2D eigenvalue weighted by Gasteiger charge is 2.79. The summed E-state index contributed by atoms with van der Waals surface area (Å²) in [6, 6.07) is 0. The molecule has 2 aliphatic rings. The Morgan fingerprint density at radius 2 is 2.15 bits per heavy atom. The zero-order chi connectivity index (χ0) is 9.69. The van der Waals surface area contributed by atoms with E-state index in [1.165, 1.54) is 7.11 Å². The van der Waals surface area contributed by atoms with Crippen LogP contribution in [-0.4, -0.2) is 30.2 Å². The van der Waals surface area contributed by atoms with Crippen LogP contribution >= 0.6 is 0 Å². The second kappa shape index (κ2) is 2.48. The van der Waals surface area contributed by atoms with Gasteiger partial charge in [0.25, 0.3) is 0 Å². The van der Waals surface area contributed by atoms with Crippen molar-refractivity contribution >= 4 is 13.1 Å². The van der Waals surface area contributed by atoms with Gasteiger partial charge in [-0.1, -0.05) is 6.42 Å². The molecule has 72 valence electrons. The Morgan fingerprint density at radius 3 is 2.62 bits per heavy atom. The van der Waals surface area contributed by atoms with E-state index in [0.29, 0.717) is 6.42 Å². The van der Waals surface area contributed by atoms with Crippen LogP contribution in [0.3, 0.4) is 0 Å². The molecule has 13 heavy (non-hydrogen) atoms. The molecule has 2 N–H and O–H groups in total. The Labute approximate surface area is 77.0 Å². The third-order valence-corrected chi connectivity index (χ3v) is 3.74. The molecule has 0 aromatic rings. The number of esters is 1. The van der Waals surface area contributed by atoms with Gasteiger partial charge in [-0.2, -0.15) is 0 Å². The number of rotatable bonds is 2. The molecule has 2 rings (SSSR count). The minimum Gasteiger partial charge on any atom is -0.469 e. The number of methoxy groups -OCH3 is 1. The lowest BCUT2D eigenvalue weighted by molar-refractivity contribution is -0.147. The number of carbonyl (C=O) groups is 1. The highest BCUT2D eigenvalue weighted by atomic mass is 16.5. The largest absolute Gasteiger partial charge is 0.469 e. The summed E-state index contributed by atoms with van der Waals surface area (Å²) in [5.74, 6) is -0.280. The van der Waals surface area contributed by atoms with Gasteiger partial charge >= 0.3 is 13.1 Å². The Bertz CT molecular complexity index is 255.